The molecule has 0 spiro atoms. The standard InChI is InChI=1S/C13H23N5O3/c1-5-14-13-15-8-11(18(19)20)12(16-13)17(6-7-21-4)9-10(2)3/h8,10H,5-7,9H2,1-4H3,(H,14,15,16). The average molecular weight is 297 g/mol. The molecule has 0 saturated carbocycles. The molecule has 21 heavy (non-hydrogen) atoms. The van der Waals surface area contributed by atoms with Crippen molar-refractivity contribution in [2.75, 3.05) is 43.6 Å². The summed E-state index contributed by atoms with van der Waals surface area (Å²) >= 11 is 0. The van der Waals surface area contributed by atoms with Crippen LogP contribution in [0.15, 0.2) is 6.20 Å². The minimum atomic E-state index is -0.453. The van der Waals surface area contributed by atoms with Gasteiger partial charge in [-0.2, -0.15) is 4.98 Å². The zero-order valence-electron chi connectivity index (χ0n) is 13.0. The van der Waals surface area contributed by atoms with Crippen LogP contribution < -0.4 is 10.2 Å². The minimum Gasteiger partial charge on any atom is -0.383 e. The van der Waals surface area contributed by atoms with Gasteiger partial charge in [0.05, 0.1) is 11.5 Å². The number of aromatic nitrogens is 2. The number of anilines is 2. The topological polar surface area (TPSA) is 93.4 Å². The fraction of sp³-hybridized carbons (Fsp3) is 0.692. The number of hydrogen-bond donors (Lipinski definition) is 1. The first-order valence-corrected chi connectivity index (χ1v) is 6.98. The van der Waals surface area contributed by atoms with Crippen molar-refractivity contribution in [1.29, 1.82) is 0 Å². The van der Waals surface area contributed by atoms with Crippen LogP contribution in [0.5, 0.6) is 0 Å². The van der Waals surface area contributed by atoms with Gasteiger partial charge in [0.25, 0.3) is 0 Å². The van der Waals surface area contributed by atoms with Gasteiger partial charge in [0.1, 0.15) is 6.20 Å². The van der Waals surface area contributed by atoms with Crippen LogP contribution in [0.25, 0.3) is 0 Å². The zero-order chi connectivity index (χ0) is 15.8. The molecule has 1 aromatic rings. The fourth-order valence-corrected chi connectivity index (χ4v) is 1.90. The Morgan fingerprint density at radius 2 is 2.24 bits per heavy atom. The largest absolute Gasteiger partial charge is 0.383 e. The predicted octanol–water partition coefficient (Wildman–Crippen LogP) is 1.93. The number of nitro groups is 1. The first-order chi connectivity index (χ1) is 9.99. The molecule has 1 rings (SSSR count). The van der Waals surface area contributed by atoms with Crippen LogP contribution in [-0.4, -0.2) is 48.2 Å². The molecule has 0 unspecified atom stereocenters. The molecule has 0 aliphatic rings. The monoisotopic (exact) mass is 297 g/mol. The Morgan fingerprint density at radius 3 is 2.76 bits per heavy atom. The van der Waals surface area contributed by atoms with Gasteiger partial charge in [-0.05, 0) is 12.8 Å². The van der Waals surface area contributed by atoms with Crippen LogP contribution in [0, 0.1) is 16.0 Å². The molecule has 0 radical (unpaired) electrons. The summed E-state index contributed by atoms with van der Waals surface area (Å²) in [6, 6.07) is 0. The van der Waals surface area contributed by atoms with Crippen LogP contribution in [0.4, 0.5) is 17.5 Å². The van der Waals surface area contributed by atoms with Crippen molar-refractivity contribution in [2.24, 2.45) is 5.92 Å². The molecule has 0 saturated heterocycles. The van der Waals surface area contributed by atoms with E-state index in [-0.39, 0.29) is 5.69 Å². The van der Waals surface area contributed by atoms with Gasteiger partial charge in [-0.25, -0.2) is 4.98 Å². The molecular formula is C13H23N5O3. The third-order valence-electron chi connectivity index (χ3n) is 2.73. The van der Waals surface area contributed by atoms with E-state index in [0.29, 0.717) is 43.9 Å². The molecule has 1 N–H and O–H groups in total. The van der Waals surface area contributed by atoms with Crippen molar-refractivity contribution in [1.82, 2.24) is 9.97 Å². The van der Waals surface area contributed by atoms with Crippen LogP contribution in [0.2, 0.25) is 0 Å². The molecule has 0 fully saturated rings. The number of nitrogens with zero attached hydrogens (tertiary/aromatic N) is 4. The van der Waals surface area contributed by atoms with E-state index < -0.39 is 4.92 Å². The third kappa shape index (κ3) is 5.14. The molecule has 0 amide bonds. The maximum atomic E-state index is 11.2. The summed E-state index contributed by atoms with van der Waals surface area (Å²) in [4.78, 5) is 20.9. The lowest BCUT2D eigenvalue weighted by molar-refractivity contribution is -0.384. The van der Waals surface area contributed by atoms with Crippen molar-refractivity contribution in [3.05, 3.63) is 16.3 Å². The Labute approximate surface area is 124 Å². The van der Waals surface area contributed by atoms with Gasteiger partial charge in [0.2, 0.25) is 11.8 Å². The molecule has 1 heterocycles. The summed E-state index contributed by atoms with van der Waals surface area (Å²) in [5.74, 6) is 1.07. The first-order valence-electron chi connectivity index (χ1n) is 6.98. The van der Waals surface area contributed by atoms with E-state index in [4.69, 9.17) is 4.74 Å². The van der Waals surface area contributed by atoms with Crippen molar-refractivity contribution in [2.45, 2.75) is 20.8 Å². The Bertz CT molecular complexity index is 467. The molecular weight excluding hydrogens is 274 g/mol. The summed E-state index contributed by atoms with van der Waals surface area (Å²) in [7, 11) is 1.60. The van der Waals surface area contributed by atoms with Crippen LogP contribution in [0.1, 0.15) is 20.8 Å². The summed E-state index contributed by atoms with van der Waals surface area (Å²) in [5, 5.41) is 14.2. The number of methoxy groups -OCH3 is 1. The van der Waals surface area contributed by atoms with Gasteiger partial charge in [-0.3, -0.25) is 10.1 Å². The molecule has 0 atom stereocenters. The summed E-state index contributed by atoms with van der Waals surface area (Å²) < 4.78 is 5.08. The quantitative estimate of drug-likeness (QED) is 0.549. The van der Waals surface area contributed by atoms with E-state index in [1.165, 1.54) is 6.20 Å². The molecule has 0 aromatic carbocycles. The molecule has 1 aromatic heterocycles. The highest BCUT2D eigenvalue weighted by atomic mass is 16.6. The van der Waals surface area contributed by atoms with Crippen LogP contribution >= 0.6 is 0 Å². The van der Waals surface area contributed by atoms with Gasteiger partial charge in [-0.15, -0.1) is 0 Å². The summed E-state index contributed by atoms with van der Waals surface area (Å²) in [6.45, 7) is 8.35. The summed E-state index contributed by atoms with van der Waals surface area (Å²) in [5.41, 5.74) is -0.0894. The smallest absolute Gasteiger partial charge is 0.329 e. The SMILES string of the molecule is CCNc1ncc([N+](=O)[O-])c(N(CCOC)CC(C)C)n1. The Hall–Kier alpha value is -1.96. The van der Waals surface area contributed by atoms with E-state index in [9.17, 15) is 10.1 Å². The second-order valence-corrected chi connectivity index (χ2v) is 5.02. The lowest BCUT2D eigenvalue weighted by Gasteiger charge is -2.25. The van der Waals surface area contributed by atoms with Gasteiger partial charge < -0.3 is 15.0 Å². The summed E-state index contributed by atoms with van der Waals surface area (Å²) in [6.07, 6.45) is 1.25. The molecule has 0 aliphatic heterocycles. The normalized spacial score (nSPS) is 10.7. The maximum absolute atomic E-state index is 11.2. The van der Waals surface area contributed by atoms with E-state index >= 15 is 0 Å². The van der Waals surface area contributed by atoms with Gasteiger partial charge >= 0.3 is 5.69 Å². The van der Waals surface area contributed by atoms with E-state index in [2.05, 4.69) is 29.1 Å². The molecule has 8 nitrogen and oxygen atoms in total. The van der Waals surface area contributed by atoms with Crippen LogP contribution in [0.3, 0.4) is 0 Å². The number of hydrogen-bond acceptors (Lipinski definition) is 7. The fourth-order valence-electron chi connectivity index (χ4n) is 1.90. The zero-order valence-corrected chi connectivity index (χ0v) is 13.0. The number of ether oxygens (including phenoxy) is 1. The number of rotatable bonds is 9. The predicted molar refractivity (Wildman–Crippen MR) is 81.8 cm³/mol. The first kappa shape index (κ1) is 17.1. The highest BCUT2D eigenvalue weighted by Crippen LogP contribution is 2.26. The minimum absolute atomic E-state index is 0.0894. The molecule has 0 bridgehead atoms. The van der Waals surface area contributed by atoms with Crippen molar-refractivity contribution < 1.29 is 9.66 Å². The lowest BCUT2D eigenvalue weighted by Crippen LogP contribution is -2.32. The van der Waals surface area contributed by atoms with Crippen LogP contribution in [-0.2, 0) is 4.74 Å². The maximum Gasteiger partial charge on any atom is 0.329 e. The molecule has 8 heteroatoms. The second kappa shape index (κ2) is 8.35. The Morgan fingerprint density at radius 1 is 1.52 bits per heavy atom. The average Bonchev–Trinajstić information content (AvgIpc) is 2.43. The van der Waals surface area contributed by atoms with Crippen molar-refractivity contribution in [3.8, 4) is 0 Å². The molecule has 0 aliphatic carbocycles. The van der Waals surface area contributed by atoms with Crippen molar-refractivity contribution >= 4 is 17.5 Å². The van der Waals surface area contributed by atoms with Gasteiger partial charge in [0.15, 0.2) is 0 Å². The molecule has 118 valence electrons. The number of nitrogens with one attached hydrogen (secondary N) is 1. The van der Waals surface area contributed by atoms with Crippen molar-refractivity contribution in [3.63, 3.8) is 0 Å². The van der Waals surface area contributed by atoms with Gasteiger partial charge in [-0.1, -0.05) is 13.8 Å². The highest BCUT2D eigenvalue weighted by Gasteiger charge is 2.23. The third-order valence-corrected chi connectivity index (χ3v) is 2.73. The lowest BCUT2D eigenvalue weighted by atomic mass is 10.2. The van der Waals surface area contributed by atoms with E-state index in [1.807, 2.05) is 11.8 Å². The van der Waals surface area contributed by atoms with Gasteiger partial charge in [0, 0.05) is 26.7 Å². The van der Waals surface area contributed by atoms with E-state index in [0.717, 1.165) is 0 Å². The van der Waals surface area contributed by atoms with E-state index in [1.54, 1.807) is 7.11 Å². The highest BCUT2D eigenvalue weighted by molar-refractivity contribution is 5.59. The Balaban J connectivity index is 3.16. The Kier molecular flexibility index (Phi) is 6.80. The second-order valence-electron chi connectivity index (χ2n) is 5.02.